The third-order valence-electron chi connectivity index (χ3n) is 2.74. The zero-order valence-corrected chi connectivity index (χ0v) is 8.87. The van der Waals surface area contributed by atoms with Crippen LogP contribution in [0.1, 0.15) is 18.4 Å². The highest BCUT2D eigenvalue weighted by molar-refractivity contribution is 6.35. The SMILES string of the molecule is OCC1(c2cc(F)c(Cl)cc2Cl)CC1. The fraction of sp³-hybridized carbons (Fsp3) is 0.400. The number of rotatable bonds is 2. The van der Waals surface area contributed by atoms with Crippen molar-refractivity contribution in [2.75, 3.05) is 6.61 Å². The lowest BCUT2D eigenvalue weighted by atomic mass is 9.97. The molecule has 0 spiro atoms. The Kier molecular flexibility index (Phi) is 2.46. The summed E-state index contributed by atoms with van der Waals surface area (Å²) in [5.41, 5.74) is 0.353. The molecular weight excluding hydrogens is 226 g/mol. The van der Waals surface area contributed by atoms with Gasteiger partial charge in [0.15, 0.2) is 0 Å². The second-order valence-corrected chi connectivity index (χ2v) is 4.50. The van der Waals surface area contributed by atoms with Crippen LogP contribution in [0.5, 0.6) is 0 Å². The van der Waals surface area contributed by atoms with E-state index in [-0.39, 0.29) is 17.0 Å². The molecule has 1 nitrogen and oxygen atoms in total. The molecule has 0 atom stereocenters. The second-order valence-electron chi connectivity index (χ2n) is 3.68. The summed E-state index contributed by atoms with van der Waals surface area (Å²) in [6.07, 6.45) is 1.70. The fourth-order valence-corrected chi connectivity index (χ4v) is 2.18. The monoisotopic (exact) mass is 234 g/mol. The van der Waals surface area contributed by atoms with E-state index in [9.17, 15) is 9.50 Å². The van der Waals surface area contributed by atoms with Gasteiger partial charge < -0.3 is 5.11 Å². The highest BCUT2D eigenvalue weighted by atomic mass is 35.5. The molecule has 1 aromatic carbocycles. The van der Waals surface area contributed by atoms with Gasteiger partial charge in [0.2, 0.25) is 0 Å². The number of halogens is 3. The smallest absolute Gasteiger partial charge is 0.142 e. The molecule has 1 aliphatic carbocycles. The van der Waals surface area contributed by atoms with Crippen molar-refractivity contribution in [1.82, 2.24) is 0 Å². The van der Waals surface area contributed by atoms with Gasteiger partial charge in [-0.05, 0) is 30.5 Å². The Bertz CT molecular complexity index is 375. The van der Waals surface area contributed by atoms with Gasteiger partial charge in [-0.1, -0.05) is 23.2 Å². The summed E-state index contributed by atoms with van der Waals surface area (Å²) in [5, 5.41) is 9.63. The summed E-state index contributed by atoms with van der Waals surface area (Å²) in [7, 11) is 0. The first-order chi connectivity index (χ1) is 6.59. The molecule has 0 bridgehead atoms. The fourth-order valence-electron chi connectivity index (χ4n) is 1.59. The lowest BCUT2D eigenvalue weighted by molar-refractivity contribution is 0.255. The number of hydrogen-bond donors (Lipinski definition) is 1. The minimum Gasteiger partial charge on any atom is -0.395 e. The minimum atomic E-state index is -0.481. The molecule has 1 aromatic rings. The third-order valence-corrected chi connectivity index (χ3v) is 3.34. The molecule has 0 unspecified atom stereocenters. The number of benzene rings is 1. The Morgan fingerprint density at radius 3 is 2.43 bits per heavy atom. The summed E-state index contributed by atoms with van der Waals surface area (Å²) in [6.45, 7) is 0.00773. The van der Waals surface area contributed by atoms with Crippen molar-refractivity contribution < 1.29 is 9.50 Å². The molecule has 0 amide bonds. The van der Waals surface area contributed by atoms with Crippen molar-refractivity contribution >= 4 is 23.2 Å². The maximum absolute atomic E-state index is 13.2. The van der Waals surface area contributed by atoms with Gasteiger partial charge in [0.1, 0.15) is 5.82 Å². The molecule has 0 radical (unpaired) electrons. The van der Waals surface area contributed by atoms with Crippen LogP contribution in [0.4, 0.5) is 4.39 Å². The van der Waals surface area contributed by atoms with Crippen molar-refractivity contribution in [3.8, 4) is 0 Å². The van der Waals surface area contributed by atoms with Crippen molar-refractivity contribution in [2.45, 2.75) is 18.3 Å². The third kappa shape index (κ3) is 1.52. The average molecular weight is 235 g/mol. The van der Waals surface area contributed by atoms with Gasteiger partial charge in [-0.2, -0.15) is 0 Å². The zero-order valence-electron chi connectivity index (χ0n) is 7.36. The molecule has 1 fully saturated rings. The van der Waals surface area contributed by atoms with Gasteiger partial charge in [0.05, 0.1) is 11.6 Å². The van der Waals surface area contributed by atoms with Crippen LogP contribution in [0, 0.1) is 5.82 Å². The molecular formula is C10H9Cl2FO. The first-order valence-electron chi connectivity index (χ1n) is 4.35. The highest BCUT2D eigenvalue weighted by Gasteiger charge is 2.45. The summed E-state index contributed by atoms with van der Waals surface area (Å²) in [4.78, 5) is 0. The standard InChI is InChI=1S/C10H9Cl2FO/c11-7-4-8(12)9(13)3-6(7)10(5-14)1-2-10/h3-4,14H,1-2,5H2. The lowest BCUT2D eigenvalue weighted by Gasteiger charge is -2.14. The van der Waals surface area contributed by atoms with E-state index in [1.54, 1.807) is 0 Å². The largest absolute Gasteiger partial charge is 0.395 e. The van der Waals surface area contributed by atoms with Crippen LogP contribution in [0.2, 0.25) is 10.0 Å². The summed E-state index contributed by atoms with van der Waals surface area (Å²) in [5.74, 6) is -0.481. The first-order valence-corrected chi connectivity index (χ1v) is 5.10. The maximum atomic E-state index is 13.2. The van der Waals surface area contributed by atoms with E-state index in [0.29, 0.717) is 10.6 Å². The topological polar surface area (TPSA) is 20.2 Å². The van der Waals surface area contributed by atoms with E-state index in [4.69, 9.17) is 23.2 Å². The van der Waals surface area contributed by atoms with Gasteiger partial charge in [-0.3, -0.25) is 0 Å². The molecule has 1 aliphatic rings. The van der Waals surface area contributed by atoms with Crippen LogP contribution in [0.3, 0.4) is 0 Å². The molecule has 0 heterocycles. The Morgan fingerprint density at radius 1 is 1.29 bits per heavy atom. The predicted octanol–water partition coefficient (Wildman–Crippen LogP) is 3.16. The van der Waals surface area contributed by atoms with Gasteiger partial charge in [0, 0.05) is 10.4 Å². The van der Waals surface area contributed by atoms with Crippen LogP contribution in [-0.2, 0) is 5.41 Å². The van der Waals surface area contributed by atoms with Crippen molar-refractivity contribution in [1.29, 1.82) is 0 Å². The van der Waals surface area contributed by atoms with E-state index in [2.05, 4.69) is 0 Å². The number of hydrogen-bond acceptors (Lipinski definition) is 1. The zero-order chi connectivity index (χ0) is 10.3. The molecule has 0 aromatic heterocycles. The molecule has 76 valence electrons. The molecule has 1 N–H and O–H groups in total. The van der Waals surface area contributed by atoms with E-state index >= 15 is 0 Å². The van der Waals surface area contributed by atoms with Crippen LogP contribution in [0.15, 0.2) is 12.1 Å². The predicted molar refractivity (Wildman–Crippen MR) is 54.4 cm³/mol. The Hall–Kier alpha value is -0.310. The maximum Gasteiger partial charge on any atom is 0.142 e. The van der Waals surface area contributed by atoms with Crippen LogP contribution in [-0.4, -0.2) is 11.7 Å². The van der Waals surface area contributed by atoms with Crippen LogP contribution < -0.4 is 0 Å². The molecule has 2 rings (SSSR count). The van der Waals surface area contributed by atoms with Gasteiger partial charge in [-0.25, -0.2) is 4.39 Å². The summed E-state index contributed by atoms with van der Waals surface area (Å²) >= 11 is 11.5. The molecule has 0 aliphatic heterocycles. The van der Waals surface area contributed by atoms with Gasteiger partial charge >= 0.3 is 0 Å². The summed E-state index contributed by atoms with van der Waals surface area (Å²) in [6, 6.07) is 2.72. The highest BCUT2D eigenvalue weighted by Crippen LogP contribution is 2.50. The van der Waals surface area contributed by atoms with Crippen molar-refractivity contribution in [2.24, 2.45) is 0 Å². The molecule has 1 saturated carbocycles. The Balaban J connectivity index is 2.49. The van der Waals surface area contributed by atoms with E-state index in [0.717, 1.165) is 12.8 Å². The molecule has 4 heteroatoms. The van der Waals surface area contributed by atoms with Gasteiger partial charge in [-0.15, -0.1) is 0 Å². The average Bonchev–Trinajstić information content (AvgIpc) is 2.92. The Labute approximate surface area is 91.5 Å². The van der Waals surface area contributed by atoms with E-state index in [1.807, 2.05) is 0 Å². The number of aliphatic hydroxyl groups is 1. The summed E-state index contributed by atoms with van der Waals surface area (Å²) < 4.78 is 13.2. The minimum absolute atomic E-state index is 0.00773. The quantitative estimate of drug-likeness (QED) is 0.780. The van der Waals surface area contributed by atoms with E-state index < -0.39 is 5.82 Å². The Morgan fingerprint density at radius 2 is 1.93 bits per heavy atom. The van der Waals surface area contributed by atoms with Crippen LogP contribution >= 0.6 is 23.2 Å². The van der Waals surface area contributed by atoms with Gasteiger partial charge in [0.25, 0.3) is 0 Å². The normalized spacial score (nSPS) is 18.3. The van der Waals surface area contributed by atoms with Crippen molar-refractivity contribution in [3.05, 3.63) is 33.6 Å². The lowest BCUT2D eigenvalue weighted by Crippen LogP contribution is -2.12. The molecule has 14 heavy (non-hydrogen) atoms. The molecule has 0 saturated heterocycles. The van der Waals surface area contributed by atoms with Crippen LogP contribution in [0.25, 0.3) is 0 Å². The van der Waals surface area contributed by atoms with E-state index in [1.165, 1.54) is 12.1 Å². The second kappa shape index (κ2) is 3.37. The number of aliphatic hydroxyl groups excluding tert-OH is 1. The first kappa shape index (κ1) is 10.2. The van der Waals surface area contributed by atoms with Crippen molar-refractivity contribution in [3.63, 3.8) is 0 Å².